The SMILES string of the molecule is CC(C)c1cccc(C(C)C)c1NC(=O)c1cnc(NCc2ccco2)cn1. The molecule has 0 saturated heterocycles. The zero-order valence-corrected chi connectivity index (χ0v) is 16.7. The van der Waals surface area contributed by atoms with Gasteiger partial charge in [-0.3, -0.25) is 4.79 Å². The highest BCUT2D eigenvalue weighted by Crippen LogP contribution is 2.32. The van der Waals surface area contributed by atoms with Crippen molar-refractivity contribution in [3.63, 3.8) is 0 Å². The van der Waals surface area contributed by atoms with E-state index in [0.29, 0.717) is 24.2 Å². The molecule has 0 spiro atoms. The maximum absolute atomic E-state index is 12.8. The van der Waals surface area contributed by atoms with Crippen molar-refractivity contribution in [2.45, 2.75) is 46.1 Å². The Balaban J connectivity index is 1.74. The van der Waals surface area contributed by atoms with Gasteiger partial charge in [-0.05, 0) is 35.1 Å². The van der Waals surface area contributed by atoms with E-state index in [0.717, 1.165) is 22.6 Å². The van der Waals surface area contributed by atoms with Crippen LogP contribution in [0.3, 0.4) is 0 Å². The van der Waals surface area contributed by atoms with Crippen LogP contribution in [-0.4, -0.2) is 15.9 Å². The van der Waals surface area contributed by atoms with Gasteiger partial charge in [0.05, 0.1) is 25.2 Å². The lowest BCUT2D eigenvalue weighted by atomic mass is 9.92. The molecule has 1 aromatic carbocycles. The van der Waals surface area contributed by atoms with Crippen LogP contribution in [0.4, 0.5) is 11.5 Å². The molecule has 0 aliphatic rings. The summed E-state index contributed by atoms with van der Waals surface area (Å²) in [7, 11) is 0. The standard InChI is InChI=1S/C22H26N4O2/c1-14(2)17-8-5-9-18(15(3)4)21(17)26-22(27)19-12-25-20(13-23-19)24-11-16-7-6-10-28-16/h5-10,12-15H,11H2,1-4H3,(H,24,25)(H,26,27). The Morgan fingerprint density at radius 3 is 2.25 bits per heavy atom. The Hall–Kier alpha value is -3.15. The minimum absolute atomic E-state index is 0.264. The molecule has 3 rings (SSSR count). The summed E-state index contributed by atoms with van der Waals surface area (Å²) in [5.74, 6) is 1.72. The lowest BCUT2D eigenvalue weighted by Gasteiger charge is -2.20. The number of para-hydroxylation sites is 1. The van der Waals surface area contributed by atoms with Crippen molar-refractivity contribution in [3.8, 4) is 0 Å². The van der Waals surface area contributed by atoms with E-state index in [1.54, 1.807) is 12.5 Å². The Labute approximate surface area is 165 Å². The number of hydrogen-bond donors (Lipinski definition) is 2. The van der Waals surface area contributed by atoms with Gasteiger partial charge < -0.3 is 15.1 Å². The number of rotatable bonds is 7. The van der Waals surface area contributed by atoms with Crippen molar-refractivity contribution >= 4 is 17.4 Å². The minimum atomic E-state index is -0.264. The van der Waals surface area contributed by atoms with E-state index in [1.807, 2.05) is 18.2 Å². The highest BCUT2D eigenvalue weighted by molar-refractivity contribution is 6.03. The largest absolute Gasteiger partial charge is 0.467 e. The molecule has 6 nitrogen and oxygen atoms in total. The Bertz CT molecular complexity index is 890. The second kappa shape index (κ2) is 8.69. The fourth-order valence-electron chi connectivity index (χ4n) is 3.00. The number of carbonyl (C=O) groups is 1. The van der Waals surface area contributed by atoms with Gasteiger partial charge in [-0.1, -0.05) is 45.9 Å². The second-order valence-electron chi connectivity index (χ2n) is 7.29. The third-order valence-corrected chi connectivity index (χ3v) is 4.52. The maximum Gasteiger partial charge on any atom is 0.275 e. The summed E-state index contributed by atoms with van der Waals surface area (Å²) in [5.41, 5.74) is 3.38. The van der Waals surface area contributed by atoms with E-state index in [4.69, 9.17) is 4.42 Å². The predicted octanol–water partition coefficient (Wildman–Crippen LogP) is 5.18. The summed E-state index contributed by atoms with van der Waals surface area (Å²) >= 11 is 0. The number of carbonyl (C=O) groups excluding carboxylic acids is 1. The van der Waals surface area contributed by atoms with Crippen molar-refractivity contribution in [1.82, 2.24) is 9.97 Å². The highest BCUT2D eigenvalue weighted by Gasteiger charge is 2.17. The van der Waals surface area contributed by atoms with Crippen LogP contribution >= 0.6 is 0 Å². The van der Waals surface area contributed by atoms with Gasteiger partial charge in [0.2, 0.25) is 0 Å². The zero-order chi connectivity index (χ0) is 20.1. The zero-order valence-electron chi connectivity index (χ0n) is 16.7. The summed E-state index contributed by atoms with van der Waals surface area (Å²) < 4.78 is 5.27. The van der Waals surface area contributed by atoms with E-state index in [2.05, 4.69) is 60.4 Å². The number of benzene rings is 1. The number of aromatic nitrogens is 2. The topological polar surface area (TPSA) is 80.0 Å². The van der Waals surface area contributed by atoms with Crippen LogP contribution in [0.1, 0.15) is 66.9 Å². The molecule has 0 aliphatic heterocycles. The number of hydrogen-bond acceptors (Lipinski definition) is 5. The van der Waals surface area contributed by atoms with Crippen molar-refractivity contribution in [2.24, 2.45) is 0 Å². The van der Waals surface area contributed by atoms with Crippen LogP contribution in [0.5, 0.6) is 0 Å². The molecule has 2 aromatic heterocycles. The molecule has 0 radical (unpaired) electrons. The molecule has 0 fully saturated rings. The van der Waals surface area contributed by atoms with Gasteiger partial charge in [-0.2, -0.15) is 0 Å². The lowest BCUT2D eigenvalue weighted by molar-refractivity contribution is 0.102. The van der Waals surface area contributed by atoms with Crippen LogP contribution in [0.25, 0.3) is 0 Å². The fraction of sp³-hybridized carbons (Fsp3) is 0.318. The third-order valence-electron chi connectivity index (χ3n) is 4.52. The van der Waals surface area contributed by atoms with Crippen LogP contribution in [0.2, 0.25) is 0 Å². The van der Waals surface area contributed by atoms with Crippen molar-refractivity contribution in [1.29, 1.82) is 0 Å². The van der Waals surface area contributed by atoms with E-state index in [9.17, 15) is 4.79 Å². The second-order valence-corrected chi connectivity index (χ2v) is 7.29. The van der Waals surface area contributed by atoms with Gasteiger partial charge in [0.15, 0.2) is 0 Å². The molecular formula is C22H26N4O2. The first-order chi connectivity index (χ1) is 13.5. The first kappa shape index (κ1) is 19.6. The average Bonchev–Trinajstić information content (AvgIpc) is 3.20. The fourth-order valence-corrected chi connectivity index (χ4v) is 3.00. The van der Waals surface area contributed by atoms with Crippen molar-refractivity contribution in [3.05, 3.63) is 71.6 Å². The molecule has 0 bridgehead atoms. The number of amides is 1. The van der Waals surface area contributed by atoms with E-state index in [1.165, 1.54) is 6.20 Å². The summed E-state index contributed by atoms with van der Waals surface area (Å²) in [6.45, 7) is 8.98. The first-order valence-electron chi connectivity index (χ1n) is 9.48. The van der Waals surface area contributed by atoms with Gasteiger partial charge in [-0.15, -0.1) is 0 Å². The number of nitrogens with one attached hydrogen (secondary N) is 2. The van der Waals surface area contributed by atoms with Gasteiger partial charge >= 0.3 is 0 Å². The third kappa shape index (κ3) is 4.57. The monoisotopic (exact) mass is 378 g/mol. The van der Waals surface area contributed by atoms with Gasteiger partial charge in [-0.25, -0.2) is 9.97 Å². The predicted molar refractivity (Wildman–Crippen MR) is 111 cm³/mol. The molecule has 28 heavy (non-hydrogen) atoms. The summed E-state index contributed by atoms with van der Waals surface area (Å²) in [6, 6.07) is 9.86. The van der Waals surface area contributed by atoms with Crippen LogP contribution < -0.4 is 10.6 Å². The molecular weight excluding hydrogens is 352 g/mol. The van der Waals surface area contributed by atoms with E-state index < -0.39 is 0 Å². The molecule has 0 atom stereocenters. The summed E-state index contributed by atoms with van der Waals surface area (Å²) in [4.78, 5) is 21.3. The van der Waals surface area contributed by atoms with Gasteiger partial charge in [0, 0.05) is 5.69 Å². The van der Waals surface area contributed by atoms with Crippen LogP contribution in [-0.2, 0) is 6.54 Å². The molecule has 2 N–H and O–H groups in total. The molecule has 6 heteroatoms. The molecule has 0 unspecified atom stereocenters. The molecule has 3 aromatic rings. The summed E-state index contributed by atoms with van der Waals surface area (Å²) in [6.07, 6.45) is 4.65. The van der Waals surface area contributed by atoms with E-state index >= 15 is 0 Å². The van der Waals surface area contributed by atoms with Crippen molar-refractivity contribution in [2.75, 3.05) is 10.6 Å². The smallest absolute Gasteiger partial charge is 0.275 e. The van der Waals surface area contributed by atoms with Gasteiger partial charge in [0.1, 0.15) is 17.3 Å². The lowest BCUT2D eigenvalue weighted by Crippen LogP contribution is -2.17. The number of anilines is 2. The van der Waals surface area contributed by atoms with Crippen molar-refractivity contribution < 1.29 is 9.21 Å². The summed E-state index contributed by atoms with van der Waals surface area (Å²) in [5, 5.41) is 6.17. The quantitative estimate of drug-likeness (QED) is 0.592. The Morgan fingerprint density at radius 2 is 1.71 bits per heavy atom. The first-order valence-corrected chi connectivity index (χ1v) is 9.48. The average molecular weight is 378 g/mol. The minimum Gasteiger partial charge on any atom is -0.467 e. The Kier molecular flexibility index (Phi) is 6.09. The molecule has 1 amide bonds. The van der Waals surface area contributed by atoms with Crippen LogP contribution in [0.15, 0.2) is 53.4 Å². The Morgan fingerprint density at radius 1 is 1.00 bits per heavy atom. The van der Waals surface area contributed by atoms with E-state index in [-0.39, 0.29) is 11.6 Å². The van der Waals surface area contributed by atoms with Gasteiger partial charge in [0.25, 0.3) is 5.91 Å². The molecule has 2 heterocycles. The number of furan rings is 1. The number of nitrogens with zero attached hydrogens (tertiary/aromatic N) is 2. The molecule has 0 aliphatic carbocycles. The maximum atomic E-state index is 12.8. The normalized spacial score (nSPS) is 11.1. The molecule has 146 valence electrons. The molecule has 0 saturated carbocycles. The van der Waals surface area contributed by atoms with Crippen LogP contribution in [0, 0.1) is 0 Å². The highest BCUT2D eigenvalue weighted by atomic mass is 16.3.